The zero-order valence-electron chi connectivity index (χ0n) is 6.72. The van der Waals surface area contributed by atoms with Crippen LogP contribution in [0.5, 0.6) is 0 Å². The molecule has 0 saturated heterocycles. The molecule has 0 radical (unpaired) electrons. The Labute approximate surface area is 71.2 Å². The van der Waals surface area contributed by atoms with Gasteiger partial charge in [-0.05, 0) is 11.6 Å². The lowest BCUT2D eigenvalue weighted by Gasteiger charge is -2.16. The van der Waals surface area contributed by atoms with Crippen molar-refractivity contribution in [2.24, 2.45) is 11.5 Å². The van der Waals surface area contributed by atoms with E-state index in [1.54, 1.807) is 18.5 Å². The molecule has 0 aliphatic heterocycles. The summed E-state index contributed by atoms with van der Waals surface area (Å²) in [5.41, 5.74) is 11.7. The minimum absolute atomic E-state index is 0.163. The SMILES string of the molecule is NCC(O)C(N)c1cccnc1. The lowest BCUT2D eigenvalue weighted by atomic mass is 10.1. The summed E-state index contributed by atoms with van der Waals surface area (Å²) >= 11 is 0. The number of aliphatic hydroxyl groups is 1. The van der Waals surface area contributed by atoms with Crippen LogP contribution in [-0.4, -0.2) is 22.7 Å². The van der Waals surface area contributed by atoms with Crippen LogP contribution < -0.4 is 11.5 Å². The van der Waals surface area contributed by atoms with Gasteiger partial charge < -0.3 is 16.6 Å². The summed E-state index contributed by atoms with van der Waals surface area (Å²) in [4.78, 5) is 3.89. The Hall–Kier alpha value is -0.970. The number of hydrogen-bond acceptors (Lipinski definition) is 4. The Balaban J connectivity index is 2.71. The van der Waals surface area contributed by atoms with E-state index in [-0.39, 0.29) is 6.54 Å². The van der Waals surface area contributed by atoms with E-state index in [1.165, 1.54) is 0 Å². The fourth-order valence-corrected chi connectivity index (χ4v) is 0.942. The Bertz CT molecular complexity index is 227. The van der Waals surface area contributed by atoms with E-state index < -0.39 is 12.1 Å². The molecule has 1 heterocycles. The van der Waals surface area contributed by atoms with Gasteiger partial charge in [0.15, 0.2) is 0 Å². The highest BCUT2D eigenvalue weighted by molar-refractivity contribution is 5.14. The highest BCUT2D eigenvalue weighted by Gasteiger charge is 2.14. The first-order valence-electron chi connectivity index (χ1n) is 3.79. The smallest absolute Gasteiger partial charge is 0.0855 e. The van der Waals surface area contributed by atoms with Gasteiger partial charge in [0.2, 0.25) is 0 Å². The van der Waals surface area contributed by atoms with Crippen LogP contribution in [0.2, 0.25) is 0 Å². The van der Waals surface area contributed by atoms with Crippen LogP contribution in [0.4, 0.5) is 0 Å². The van der Waals surface area contributed by atoms with Gasteiger partial charge in [0.05, 0.1) is 12.1 Å². The van der Waals surface area contributed by atoms with Gasteiger partial charge >= 0.3 is 0 Å². The Morgan fingerprint density at radius 3 is 2.83 bits per heavy atom. The van der Waals surface area contributed by atoms with Crippen molar-refractivity contribution in [2.45, 2.75) is 12.1 Å². The second kappa shape index (κ2) is 4.15. The molecule has 2 unspecified atom stereocenters. The number of rotatable bonds is 3. The first-order valence-corrected chi connectivity index (χ1v) is 3.79. The number of aromatic nitrogens is 1. The van der Waals surface area contributed by atoms with Crippen molar-refractivity contribution >= 4 is 0 Å². The molecule has 2 atom stereocenters. The molecule has 0 fully saturated rings. The van der Waals surface area contributed by atoms with Crippen LogP contribution in [0.25, 0.3) is 0 Å². The average molecular weight is 167 g/mol. The third-order valence-electron chi connectivity index (χ3n) is 1.73. The van der Waals surface area contributed by atoms with Crippen molar-refractivity contribution in [2.75, 3.05) is 6.54 Å². The largest absolute Gasteiger partial charge is 0.390 e. The molecule has 4 nitrogen and oxygen atoms in total. The Morgan fingerprint density at radius 2 is 2.33 bits per heavy atom. The Kier molecular flexibility index (Phi) is 3.16. The lowest BCUT2D eigenvalue weighted by Crippen LogP contribution is -2.32. The topological polar surface area (TPSA) is 85.2 Å². The quantitative estimate of drug-likeness (QED) is 0.561. The van der Waals surface area contributed by atoms with E-state index in [0.29, 0.717) is 0 Å². The summed E-state index contributed by atoms with van der Waals surface area (Å²) in [7, 11) is 0. The molecule has 5 N–H and O–H groups in total. The van der Waals surface area contributed by atoms with E-state index >= 15 is 0 Å². The molecule has 0 bridgehead atoms. The van der Waals surface area contributed by atoms with E-state index in [2.05, 4.69) is 4.98 Å². The lowest BCUT2D eigenvalue weighted by molar-refractivity contribution is 0.153. The van der Waals surface area contributed by atoms with Crippen LogP contribution in [0.1, 0.15) is 11.6 Å². The molecule has 1 aromatic heterocycles. The average Bonchev–Trinajstić information content (AvgIpc) is 2.17. The van der Waals surface area contributed by atoms with Gasteiger partial charge in [0, 0.05) is 18.9 Å². The maximum atomic E-state index is 9.30. The molecule has 0 spiro atoms. The van der Waals surface area contributed by atoms with Crippen molar-refractivity contribution in [1.82, 2.24) is 4.98 Å². The maximum Gasteiger partial charge on any atom is 0.0855 e. The molecular weight excluding hydrogens is 154 g/mol. The van der Waals surface area contributed by atoms with Gasteiger partial charge in [0.25, 0.3) is 0 Å². The molecule has 0 aliphatic rings. The summed E-state index contributed by atoms with van der Waals surface area (Å²) < 4.78 is 0. The van der Waals surface area contributed by atoms with Gasteiger partial charge in [-0.1, -0.05) is 6.07 Å². The van der Waals surface area contributed by atoms with Crippen LogP contribution in [0.15, 0.2) is 24.5 Å². The minimum atomic E-state index is -0.700. The summed E-state index contributed by atoms with van der Waals surface area (Å²) in [5.74, 6) is 0. The summed E-state index contributed by atoms with van der Waals surface area (Å²) in [5, 5.41) is 9.30. The van der Waals surface area contributed by atoms with Crippen molar-refractivity contribution in [3.8, 4) is 0 Å². The molecular formula is C8H13N3O. The standard InChI is InChI=1S/C8H13N3O/c9-4-7(12)8(10)6-2-1-3-11-5-6/h1-3,5,7-8,12H,4,9-10H2. The molecule has 4 heteroatoms. The van der Waals surface area contributed by atoms with Gasteiger partial charge in [0.1, 0.15) is 0 Å². The number of pyridine rings is 1. The fourth-order valence-electron chi connectivity index (χ4n) is 0.942. The van der Waals surface area contributed by atoms with Crippen LogP contribution in [0, 0.1) is 0 Å². The van der Waals surface area contributed by atoms with Gasteiger partial charge in [-0.2, -0.15) is 0 Å². The molecule has 0 amide bonds. The van der Waals surface area contributed by atoms with E-state index in [1.807, 2.05) is 6.07 Å². The van der Waals surface area contributed by atoms with Gasteiger partial charge in [-0.25, -0.2) is 0 Å². The third-order valence-corrected chi connectivity index (χ3v) is 1.73. The predicted octanol–water partition coefficient (Wildman–Crippen LogP) is -0.599. The number of nitrogens with two attached hydrogens (primary N) is 2. The summed E-state index contributed by atoms with van der Waals surface area (Å²) in [6.07, 6.45) is 2.59. The minimum Gasteiger partial charge on any atom is -0.390 e. The van der Waals surface area contributed by atoms with Gasteiger partial charge in [-0.3, -0.25) is 4.98 Å². The molecule has 1 aromatic rings. The summed E-state index contributed by atoms with van der Waals surface area (Å²) in [6, 6.07) is 3.15. The molecule has 66 valence electrons. The molecule has 1 rings (SSSR count). The van der Waals surface area contributed by atoms with Gasteiger partial charge in [-0.15, -0.1) is 0 Å². The van der Waals surface area contributed by atoms with Crippen LogP contribution in [-0.2, 0) is 0 Å². The van der Waals surface area contributed by atoms with E-state index in [9.17, 15) is 5.11 Å². The second-order valence-corrected chi connectivity index (χ2v) is 2.62. The number of hydrogen-bond donors (Lipinski definition) is 3. The van der Waals surface area contributed by atoms with Crippen molar-refractivity contribution < 1.29 is 5.11 Å². The first-order chi connectivity index (χ1) is 5.75. The van der Waals surface area contributed by atoms with E-state index in [4.69, 9.17) is 11.5 Å². The predicted molar refractivity (Wildman–Crippen MR) is 46.2 cm³/mol. The molecule has 12 heavy (non-hydrogen) atoms. The van der Waals surface area contributed by atoms with Crippen molar-refractivity contribution in [1.29, 1.82) is 0 Å². The van der Waals surface area contributed by atoms with Crippen molar-refractivity contribution in [3.63, 3.8) is 0 Å². The van der Waals surface area contributed by atoms with Crippen LogP contribution in [0.3, 0.4) is 0 Å². The molecule has 0 saturated carbocycles. The fraction of sp³-hybridized carbons (Fsp3) is 0.375. The summed E-state index contributed by atoms with van der Waals surface area (Å²) in [6.45, 7) is 0.163. The molecule has 0 aromatic carbocycles. The monoisotopic (exact) mass is 167 g/mol. The first kappa shape index (κ1) is 9.12. The molecule has 0 aliphatic carbocycles. The van der Waals surface area contributed by atoms with Crippen molar-refractivity contribution in [3.05, 3.63) is 30.1 Å². The third kappa shape index (κ3) is 2.01. The highest BCUT2D eigenvalue weighted by atomic mass is 16.3. The maximum absolute atomic E-state index is 9.30. The van der Waals surface area contributed by atoms with Crippen LogP contribution >= 0.6 is 0 Å². The number of aliphatic hydroxyl groups excluding tert-OH is 1. The Morgan fingerprint density at radius 1 is 1.58 bits per heavy atom. The number of nitrogens with zero attached hydrogens (tertiary/aromatic N) is 1. The van der Waals surface area contributed by atoms with E-state index in [0.717, 1.165) is 5.56 Å². The highest BCUT2D eigenvalue weighted by Crippen LogP contribution is 2.11. The normalized spacial score (nSPS) is 15.6. The second-order valence-electron chi connectivity index (χ2n) is 2.62. The zero-order chi connectivity index (χ0) is 8.97. The zero-order valence-corrected chi connectivity index (χ0v) is 6.72.